The Morgan fingerprint density at radius 3 is 1.49 bits per heavy atom. The Kier molecular flexibility index (Phi) is 41.0. The van der Waals surface area contributed by atoms with Gasteiger partial charge >= 0.3 is 17.9 Å². The Morgan fingerprint density at radius 1 is 0.458 bits per heavy atom. The van der Waals surface area contributed by atoms with E-state index < -0.39 is 29.7 Å². The number of unbranched alkanes of at least 4 members (excludes halogenated alkanes) is 13. The fourth-order valence-electron chi connectivity index (χ4n) is 8.45. The Labute approximate surface area is 435 Å². The highest BCUT2D eigenvalue weighted by molar-refractivity contribution is 9.09. The highest BCUT2D eigenvalue weighted by atomic mass is 79.9. The molecule has 0 spiro atoms. The molecule has 20 heteroatoms. The van der Waals surface area contributed by atoms with E-state index in [2.05, 4.69) is 31.9 Å². The average Bonchev–Trinajstić information content (AvgIpc) is 3.35. The van der Waals surface area contributed by atoms with Gasteiger partial charge in [0.2, 0.25) is 17.7 Å². The van der Waals surface area contributed by atoms with Crippen LogP contribution in [0.15, 0.2) is 0 Å². The van der Waals surface area contributed by atoms with Gasteiger partial charge in [-0.05, 0) is 63.7 Å². The minimum atomic E-state index is -1.10. The third-order valence-corrected chi connectivity index (χ3v) is 13.4. The zero-order chi connectivity index (χ0) is 53.0. The molecular formula is C52H88BrN3O16. The molecule has 0 radical (unpaired) electrons. The average molecular weight is 1090 g/mol. The molecule has 0 aromatic heterocycles. The lowest BCUT2D eigenvalue weighted by atomic mass is 9.78. The smallest absolute Gasteiger partial charge is 0.306 e. The zero-order valence-electron chi connectivity index (χ0n) is 42.9. The number of ketones is 3. The maximum Gasteiger partial charge on any atom is 0.306 e. The maximum atomic E-state index is 13.1. The lowest BCUT2D eigenvalue weighted by Gasteiger charge is -2.28. The highest BCUT2D eigenvalue weighted by Gasteiger charge is 2.30. The van der Waals surface area contributed by atoms with Gasteiger partial charge in [0.05, 0.1) is 56.8 Å². The summed E-state index contributed by atoms with van der Waals surface area (Å²) in [6, 6.07) is 0. The molecule has 0 aromatic rings. The largest absolute Gasteiger partial charge is 0.481 e. The number of amides is 3. The van der Waals surface area contributed by atoms with Crippen molar-refractivity contribution in [3.8, 4) is 0 Å². The van der Waals surface area contributed by atoms with Crippen LogP contribution in [0.1, 0.15) is 173 Å². The zero-order valence-corrected chi connectivity index (χ0v) is 44.5. The number of carbonyl (C=O) groups excluding carboxylic acids is 6. The van der Waals surface area contributed by atoms with E-state index in [-0.39, 0.29) is 139 Å². The molecule has 72 heavy (non-hydrogen) atoms. The van der Waals surface area contributed by atoms with E-state index in [4.69, 9.17) is 24.1 Å². The predicted octanol–water partition coefficient (Wildman–Crippen LogP) is 6.77. The third-order valence-electron chi connectivity index (χ3n) is 12.8. The van der Waals surface area contributed by atoms with Gasteiger partial charge in [0.1, 0.15) is 24.8 Å². The number of alkyl halides is 1. The van der Waals surface area contributed by atoms with Crippen molar-refractivity contribution in [1.29, 1.82) is 0 Å². The molecule has 1 aliphatic carbocycles. The molecule has 0 heterocycles. The van der Waals surface area contributed by atoms with Crippen LogP contribution in [0, 0.1) is 23.7 Å². The molecule has 0 aliphatic heterocycles. The lowest BCUT2D eigenvalue weighted by Crippen LogP contribution is -2.33. The molecule has 6 N–H and O–H groups in total. The molecule has 0 bridgehead atoms. The van der Waals surface area contributed by atoms with Crippen molar-refractivity contribution in [3.05, 3.63) is 0 Å². The topological polar surface area (TPSA) is 287 Å². The second-order valence-corrected chi connectivity index (χ2v) is 19.5. The number of aliphatic carboxylic acids is 3. The number of carbonyl (C=O) groups is 9. The molecule has 414 valence electrons. The van der Waals surface area contributed by atoms with Gasteiger partial charge in [0, 0.05) is 64.1 Å². The van der Waals surface area contributed by atoms with Crippen LogP contribution in [0.3, 0.4) is 0 Å². The SMILES string of the molecule is O=C(O)CCCCCCCCCCCCCCC(=O)NCC1CCC(C(=O)C[C@@H](CCC(=O)NCCOCCOCC(=O)NCCOCCOCC(=O)C[C@@H](CCCCCC(=O)CBr)C(=O)O)C(=O)O)CC1. The van der Waals surface area contributed by atoms with Gasteiger partial charge in [-0.1, -0.05) is 93.0 Å². The number of rotatable bonds is 50. The second-order valence-electron chi connectivity index (χ2n) is 19.0. The van der Waals surface area contributed by atoms with Crippen LogP contribution in [0.4, 0.5) is 0 Å². The van der Waals surface area contributed by atoms with E-state index in [0.717, 1.165) is 57.8 Å². The van der Waals surface area contributed by atoms with Crippen LogP contribution in [0.2, 0.25) is 0 Å². The molecule has 0 saturated heterocycles. The summed E-state index contributed by atoms with van der Waals surface area (Å²) < 4.78 is 21.4. The van der Waals surface area contributed by atoms with Crippen LogP contribution in [-0.4, -0.2) is 146 Å². The highest BCUT2D eigenvalue weighted by Crippen LogP contribution is 2.31. The Hall–Kier alpha value is -3.85. The Bertz CT molecular complexity index is 1560. The van der Waals surface area contributed by atoms with E-state index in [1.165, 1.54) is 38.5 Å². The normalized spacial score (nSPS) is 15.3. The molecule has 1 saturated carbocycles. The first-order chi connectivity index (χ1) is 34.7. The molecule has 0 unspecified atom stereocenters. The number of Topliss-reactive ketones (excluding diaryl/α,β-unsaturated/α-hetero) is 3. The van der Waals surface area contributed by atoms with Gasteiger partial charge in [-0.3, -0.25) is 43.2 Å². The monoisotopic (exact) mass is 1090 g/mol. The summed E-state index contributed by atoms with van der Waals surface area (Å²) in [5.74, 6) is -5.45. The standard InChI is InChI=1S/C52H88BrN3O16/c53-36-44(57)17-13-11-12-16-42(51(65)66)34-45(58)38-71-32-30-70-29-27-55-49(62)39-72-33-31-69-28-26-54-48(61)25-24-43(52(67)68)35-46(59)41-22-20-40(21-23-41)37-56-47(60)18-14-9-7-5-3-1-2-4-6-8-10-15-19-50(63)64/h40-43H,1-39H2,(H,54,61)(H,55,62)(H,56,60)(H,63,64)(H,65,66)(H,67,68)/t40?,41?,42-,43-/m1/s1. The Balaban J connectivity index is 2.02. The third kappa shape index (κ3) is 38.7. The lowest BCUT2D eigenvalue weighted by molar-refractivity contribution is -0.145. The maximum absolute atomic E-state index is 13.1. The van der Waals surface area contributed by atoms with Gasteiger partial charge in [0.25, 0.3) is 0 Å². The van der Waals surface area contributed by atoms with Crippen molar-refractivity contribution in [2.45, 2.75) is 173 Å². The molecule has 1 fully saturated rings. The summed E-state index contributed by atoms with van der Waals surface area (Å²) >= 11 is 3.11. The van der Waals surface area contributed by atoms with Crippen molar-refractivity contribution in [2.24, 2.45) is 23.7 Å². The molecule has 3 amide bonds. The van der Waals surface area contributed by atoms with Crippen LogP contribution in [0.5, 0.6) is 0 Å². The van der Waals surface area contributed by atoms with Crippen LogP contribution < -0.4 is 16.0 Å². The summed E-state index contributed by atoms with van der Waals surface area (Å²) in [5.41, 5.74) is 0. The molecule has 0 aromatic carbocycles. The number of carboxylic acid groups (broad SMARTS) is 3. The second kappa shape index (κ2) is 44.6. The number of hydrogen-bond acceptors (Lipinski definition) is 13. The summed E-state index contributed by atoms with van der Waals surface area (Å²) in [5, 5.41) is 36.6. The van der Waals surface area contributed by atoms with Crippen molar-refractivity contribution >= 4 is 68.9 Å². The van der Waals surface area contributed by atoms with Gasteiger partial charge in [-0.25, -0.2) is 0 Å². The van der Waals surface area contributed by atoms with Gasteiger partial charge in [0.15, 0.2) is 5.78 Å². The van der Waals surface area contributed by atoms with Crippen molar-refractivity contribution in [1.82, 2.24) is 16.0 Å². The van der Waals surface area contributed by atoms with Crippen molar-refractivity contribution in [3.63, 3.8) is 0 Å². The quantitative estimate of drug-likeness (QED) is 0.0271. The molecule has 19 nitrogen and oxygen atoms in total. The van der Waals surface area contributed by atoms with Crippen LogP contribution in [0.25, 0.3) is 0 Å². The summed E-state index contributed by atoms with van der Waals surface area (Å²) in [7, 11) is 0. The Morgan fingerprint density at radius 2 is 0.931 bits per heavy atom. The van der Waals surface area contributed by atoms with Crippen LogP contribution >= 0.6 is 15.9 Å². The first-order valence-corrected chi connectivity index (χ1v) is 27.7. The van der Waals surface area contributed by atoms with Crippen molar-refractivity contribution < 1.29 is 77.4 Å². The summed E-state index contributed by atoms with van der Waals surface area (Å²) in [6.07, 6.45) is 19.4. The van der Waals surface area contributed by atoms with Gasteiger partial charge in [-0.15, -0.1) is 0 Å². The van der Waals surface area contributed by atoms with E-state index in [1.807, 2.05) is 0 Å². The molecule has 1 rings (SSSR count). The fourth-order valence-corrected chi connectivity index (χ4v) is 8.73. The minimum Gasteiger partial charge on any atom is -0.481 e. The molecular weight excluding hydrogens is 1000 g/mol. The van der Waals surface area contributed by atoms with E-state index in [0.29, 0.717) is 62.7 Å². The number of halogens is 1. The number of hydrogen-bond donors (Lipinski definition) is 6. The minimum absolute atomic E-state index is 0.0396. The first kappa shape index (κ1) is 66.2. The number of nitrogens with one attached hydrogen (secondary N) is 3. The van der Waals surface area contributed by atoms with Crippen LogP contribution in [-0.2, 0) is 62.1 Å². The number of carboxylic acids is 3. The molecule has 2 atom stereocenters. The summed E-state index contributed by atoms with van der Waals surface area (Å²) in [6.45, 7) is 1.59. The van der Waals surface area contributed by atoms with Gasteiger partial charge in [-0.2, -0.15) is 0 Å². The van der Waals surface area contributed by atoms with Gasteiger partial charge < -0.3 is 50.2 Å². The molecule has 1 aliphatic rings. The number of ether oxygens (including phenoxy) is 4. The van der Waals surface area contributed by atoms with E-state index >= 15 is 0 Å². The summed E-state index contributed by atoms with van der Waals surface area (Å²) in [4.78, 5) is 107. The first-order valence-electron chi connectivity index (χ1n) is 26.6. The predicted molar refractivity (Wildman–Crippen MR) is 273 cm³/mol. The fraction of sp³-hybridized carbons (Fsp3) is 0.827. The van der Waals surface area contributed by atoms with E-state index in [9.17, 15) is 53.4 Å². The van der Waals surface area contributed by atoms with E-state index in [1.54, 1.807) is 0 Å². The van der Waals surface area contributed by atoms with Crippen molar-refractivity contribution in [2.75, 3.05) is 77.8 Å².